The van der Waals surface area contributed by atoms with Gasteiger partial charge in [-0.15, -0.1) is 6.58 Å². The van der Waals surface area contributed by atoms with Crippen molar-refractivity contribution in [2.45, 2.75) is 83.7 Å². The highest BCUT2D eigenvalue weighted by Gasteiger charge is 2.49. The highest BCUT2D eigenvalue weighted by Crippen LogP contribution is 2.43. The van der Waals surface area contributed by atoms with Crippen LogP contribution >= 0.6 is 0 Å². The first-order valence-corrected chi connectivity index (χ1v) is 11.5. The molecule has 4 atom stereocenters. The van der Waals surface area contributed by atoms with E-state index in [4.69, 9.17) is 4.43 Å². The summed E-state index contributed by atoms with van der Waals surface area (Å²) in [4.78, 5) is 12.5. The minimum atomic E-state index is -1.92. The molecule has 128 valence electrons. The standard InChI is InChI=1S/C18H34O3Si/c1-8-10-13-16(21-22(6,7)18(3,4)5)12-15(20)17(13)14(19)11-9-2/h8,13-14,16-17,19H,1,9-12H2,2-7H3. The normalized spacial score (nSPS) is 28.0. The Labute approximate surface area is 137 Å². The van der Waals surface area contributed by atoms with Crippen LogP contribution in [-0.4, -0.2) is 31.4 Å². The number of ketones is 1. The van der Waals surface area contributed by atoms with Gasteiger partial charge in [-0.05, 0) is 36.9 Å². The summed E-state index contributed by atoms with van der Waals surface area (Å²) in [6.07, 6.45) is 3.98. The number of hydrogen-bond acceptors (Lipinski definition) is 3. The molecule has 0 aromatic heterocycles. The number of carbonyl (C=O) groups is 1. The van der Waals surface area contributed by atoms with Gasteiger partial charge in [0.1, 0.15) is 5.78 Å². The number of allylic oxidation sites excluding steroid dienone is 1. The molecule has 4 heteroatoms. The van der Waals surface area contributed by atoms with Crippen molar-refractivity contribution in [1.29, 1.82) is 0 Å². The summed E-state index contributed by atoms with van der Waals surface area (Å²) in [7, 11) is -1.92. The fraction of sp³-hybridized carbons (Fsp3) is 0.833. The lowest BCUT2D eigenvalue weighted by Gasteiger charge is -2.40. The van der Waals surface area contributed by atoms with Gasteiger partial charge in [0.25, 0.3) is 0 Å². The van der Waals surface area contributed by atoms with Crippen LogP contribution in [0, 0.1) is 11.8 Å². The van der Waals surface area contributed by atoms with Gasteiger partial charge in [-0.2, -0.15) is 0 Å². The molecule has 1 aliphatic carbocycles. The summed E-state index contributed by atoms with van der Waals surface area (Å²) in [5.41, 5.74) is 0. The molecular weight excluding hydrogens is 292 g/mol. The molecule has 0 aromatic rings. The van der Waals surface area contributed by atoms with Crippen molar-refractivity contribution >= 4 is 14.1 Å². The summed E-state index contributed by atoms with van der Waals surface area (Å²) in [6.45, 7) is 16.9. The van der Waals surface area contributed by atoms with Crippen molar-refractivity contribution in [3.63, 3.8) is 0 Å². The maximum Gasteiger partial charge on any atom is 0.192 e. The van der Waals surface area contributed by atoms with E-state index in [9.17, 15) is 9.90 Å². The largest absolute Gasteiger partial charge is 0.413 e. The van der Waals surface area contributed by atoms with E-state index in [0.717, 1.165) is 12.8 Å². The Bertz CT molecular complexity index is 398. The van der Waals surface area contributed by atoms with Gasteiger partial charge in [-0.1, -0.05) is 40.2 Å². The van der Waals surface area contributed by atoms with Crippen molar-refractivity contribution in [3.05, 3.63) is 12.7 Å². The van der Waals surface area contributed by atoms with Gasteiger partial charge in [-0.3, -0.25) is 4.79 Å². The summed E-state index contributed by atoms with van der Waals surface area (Å²) < 4.78 is 6.52. The van der Waals surface area contributed by atoms with E-state index in [0.29, 0.717) is 12.8 Å². The average molecular weight is 327 g/mol. The Hall–Kier alpha value is -0.453. The second-order valence-electron chi connectivity index (χ2n) is 8.16. The number of aliphatic hydroxyl groups excluding tert-OH is 1. The molecule has 1 rings (SSSR count). The van der Waals surface area contributed by atoms with E-state index in [2.05, 4.69) is 40.4 Å². The Morgan fingerprint density at radius 1 is 1.45 bits per heavy atom. The van der Waals surface area contributed by atoms with E-state index in [1.54, 1.807) is 0 Å². The van der Waals surface area contributed by atoms with Crippen LogP contribution < -0.4 is 0 Å². The number of Topliss-reactive ketones (excluding diaryl/α,β-unsaturated/α-hetero) is 1. The lowest BCUT2D eigenvalue weighted by Crippen LogP contribution is -2.45. The van der Waals surface area contributed by atoms with E-state index >= 15 is 0 Å². The van der Waals surface area contributed by atoms with Crippen LogP contribution in [0.2, 0.25) is 18.1 Å². The van der Waals surface area contributed by atoms with Crippen LogP contribution in [-0.2, 0) is 9.22 Å². The fourth-order valence-corrected chi connectivity index (χ4v) is 4.47. The van der Waals surface area contributed by atoms with Crippen LogP contribution in [0.25, 0.3) is 0 Å². The number of aliphatic hydroxyl groups is 1. The molecule has 0 aromatic carbocycles. The Morgan fingerprint density at radius 3 is 2.50 bits per heavy atom. The van der Waals surface area contributed by atoms with E-state index in [1.807, 2.05) is 13.0 Å². The second-order valence-corrected chi connectivity index (χ2v) is 12.9. The highest BCUT2D eigenvalue weighted by atomic mass is 28.4. The summed E-state index contributed by atoms with van der Waals surface area (Å²) in [5.74, 6) is -0.0510. The van der Waals surface area contributed by atoms with Gasteiger partial charge in [0.15, 0.2) is 8.32 Å². The molecule has 0 heterocycles. The predicted octanol–water partition coefficient (Wildman–Crippen LogP) is 4.32. The molecule has 0 radical (unpaired) electrons. The Morgan fingerprint density at radius 2 is 2.05 bits per heavy atom. The first-order chi connectivity index (χ1) is 10.0. The van der Waals surface area contributed by atoms with Crippen molar-refractivity contribution in [2.24, 2.45) is 11.8 Å². The van der Waals surface area contributed by atoms with Crippen LogP contribution in [0.5, 0.6) is 0 Å². The van der Waals surface area contributed by atoms with Crippen LogP contribution in [0.3, 0.4) is 0 Å². The molecule has 0 bridgehead atoms. The van der Waals surface area contributed by atoms with Gasteiger partial charge in [0.2, 0.25) is 0 Å². The van der Waals surface area contributed by atoms with E-state index < -0.39 is 14.4 Å². The van der Waals surface area contributed by atoms with Crippen molar-refractivity contribution in [2.75, 3.05) is 0 Å². The smallest absolute Gasteiger partial charge is 0.192 e. The Kier molecular flexibility index (Phi) is 6.60. The van der Waals surface area contributed by atoms with Crippen molar-refractivity contribution < 1.29 is 14.3 Å². The SMILES string of the molecule is C=CCC1C(O[Si](C)(C)C(C)(C)C)CC(=O)C1C(O)CCC. The molecule has 0 aliphatic heterocycles. The predicted molar refractivity (Wildman–Crippen MR) is 94.4 cm³/mol. The van der Waals surface area contributed by atoms with Crippen LogP contribution in [0.15, 0.2) is 12.7 Å². The molecule has 22 heavy (non-hydrogen) atoms. The lowest BCUT2D eigenvalue weighted by atomic mass is 9.85. The van der Waals surface area contributed by atoms with Gasteiger partial charge < -0.3 is 9.53 Å². The highest BCUT2D eigenvalue weighted by molar-refractivity contribution is 6.74. The summed E-state index contributed by atoms with van der Waals surface area (Å²) in [5, 5.41) is 10.5. The van der Waals surface area contributed by atoms with Crippen molar-refractivity contribution in [3.8, 4) is 0 Å². The quantitative estimate of drug-likeness (QED) is 0.560. The zero-order valence-corrected chi connectivity index (χ0v) is 16.2. The van der Waals surface area contributed by atoms with E-state index in [-0.39, 0.29) is 28.8 Å². The monoisotopic (exact) mass is 326 g/mol. The maximum absolute atomic E-state index is 12.5. The zero-order chi connectivity index (χ0) is 17.1. The third kappa shape index (κ3) is 4.30. The average Bonchev–Trinajstić information content (AvgIpc) is 2.64. The Balaban J connectivity index is 2.96. The molecule has 0 saturated heterocycles. The summed E-state index contributed by atoms with van der Waals surface area (Å²) in [6, 6.07) is 0. The zero-order valence-electron chi connectivity index (χ0n) is 15.2. The molecular formula is C18H34O3Si. The first kappa shape index (κ1) is 19.6. The third-order valence-corrected chi connectivity index (χ3v) is 9.91. The molecule has 1 N–H and O–H groups in total. The molecule has 0 amide bonds. The molecule has 3 nitrogen and oxygen atoms in total. The number of carbonyl (C=O) groups excluding carboxylic acids is 1. The minimum absolute atomic E-state index is 0.0668. The molecule has 4 unspecified atom stereocenters. The van der Waals surface area contributed by atoms with Gasteiger partial charge in [-0.25, -0.2) is 0 Å². The molecule has 1 fully saturated rings. The first-order valence-electron chi connectivity index (χ1n) is 8.54. The van der Waals surface area contributed by atoms with Gasteiger partial charge in [0.05, 0.1) is 12.2 Å². The van der Waals surface area contributed by atoms with Crippen LogP contribution in [0.4, 0.5) is 0 Å². The topological polar surface area (TPSA) is 46.5 Å². The molecule has 0 spiro atoms. The lowest BCUT2D eigenvalue weighted by molar-refractivity contribution is -0.124. The molecule has 1 aliphatic rings. The third-order valence-electron chi connectivity index (χ3n) is 5.40. The van der Waals surface area contributed by atoms with Gasteiger partial charge >= 0.3 is 0 Å². The van der Waals surface area contributed by atoms with Crippen LogP contribution in [0.1, 0.15) is 53.4 Å². The van der Waals surface area contributed by atoms with Gasteiger partial charge in [0, 0.05) is 12.3 Å². The summed E-state index contributed by atoms with van der Waals surface area (Å²) >= 11 is 0. The van der Waals surface area contributed by atoms with E-state index in [1.165, 1.54) is 0 Å². The van der Waals surface area contributed by atoms with Crippen molar-refractivity contribution in [1.82, 2.24) is 0 Å². The minimum Gasteiger partial charge on any atom is -0.413 e. The number of hydrogen-bond donors (Lipinski definition) is 1. The maximum atomic E-state index is 12.5. The fourth-order valence-electron chi connectivity index (χ4n) is 3.11. The second kappa shape index (κ2) is 7.41. The molecule has 1 saturated carbocycles. The number of rotatable bonds is 7.